The minimum absolute atomic E-state index is 0.717. The highest BCUT2D eigenvalue weighted by Crippen LogP contribution is 2.20. The van der Waals surface area contributed by atoms with Crippen molar-refractivity contribution in [2.75, 3.05) is 39.1 Å². The molecule has 1 aromatic heterocycles. The number of pyridine rings is 1. The Balaban J connectivity index is 1.71. The van der Waals surface area contributed by atoms with E-state index in [9.17, 15) is 0 Å². The van der Waals surface area contributed by atoms with Crippen molar-refractivity contribution in [3.05, 3.63) is 18.3 Å². The van der Waals surface area contributed by atoms with Crippen molar-refractivity contribution in [3.63, 3.8) is 0 Å². The number of anilines is 1. The number of nitrogens with one attached hydrogen (secondary N) is 1. The molecule has 0 radical (unpaired) electrons. The fraction of sp³-hybridized carbons (Fsp3) is 0.643. The van der Waals surface area contributed by atoms with Gasteiger partial charge in [0.1, 0.15) is 0 Å². The molecule has 4 nitrogen and oxygen atoms in total. The summed E-state index contributed by atoms with van der Waals surface area (Å²) in [5.41, 5.74) is 1.04. The Hall–Kier alpha value is -1.29. The van der Waals surface area contributed by atoms with Crippen LogP contribution in [0, 0.1) is 5.92 Å². The third kappa shape index (κ3) is 3.88. The Morgan fingerprint density at radius 2 is 2.22 bits per heavy atom. The van der Waals surface area contributed by atoms with Gasteiger partial charge >= 0.3 is 0 Å². The summed E-state index contributed by atoms with van der Waals surface area (Å²) in [6.45, 7) is 3.21. The fourth-order valence-corrected chi connectivity index (χ4v) is 2.32. The van der Waals surface area contributed by atoms with Crippen molar-refractivity contribution in [2.45, 2.75) is 19.3 Å². The molecule has 0 aliphatic carbocycles. The number of hydrogen-bond acceptors (Lipinski definition) is 4. The van der Waals surface area contributed by atoms with Crippen LogP contribution in [0.5, 0.6) is 5.88 Å². The summed E-state index contributed by atoms with van der Waals surface area (Å²) < 4.78 is 5.71. The van der Waals surface area contributed by atoms with E-state index in [1.165, 1.54) is 25.9 Å². The zero-order valence-electron chi connectivity index (χ0n) is 11.4. The second-order valence-corrected chi connectivity index (χ2v) is 5.02. The predicted molar refractivity (Wildman–Crippen MR) is 74.1 cm³/mol. The number of piperidine rings is 1. The zero-order chi connectivity index (χ0) is 12.8. The van der Waals surface area contributed by atoms with Crippen LogP contribution < -0.4 is 10.1 Å². The Labute approximate surface area is 109 Å². The third-order valence-corrected chi connectivity index (χ3v) is 3.64. The molecule has 4 heteroatoms. The maximum absolute atomic E-state index is 5.71. The second-order valence-electron chi connectivity index (χ2n) is 5.02. The average Bonchev–Trinajstić information content (AvgIpc) is 2.41. The van der Waals surface area contributed by atoms with Crippen LogP contribution in [0.1, 0.15) is 19.3 Å². The van der Waals surface area contributed by atoms with Crippen LogP contribution in [-0.2, 0) is 0 Å². The van der Waals surface area contributed by atoms with Crippen molar-refractivity contribution in [3.8, 4) is 5.88 Å². The van der Waals surface area contributed by atoms with E-state index in [0.29, 0.717) is 0 Å². The summed E-state index contributed by atoms with van der Waals surface area (Å²) in [6, 6.07) is 3.87. The van der Waals surface area contributed by atoms with Gasteiger partial charge in [0.15, 0.2) is 0 Å². The lowest BCUT2D eigenvalue weighted by atomic mass is 9.94. The van der Waals surface area contributed by atoms with Gasteiger partial charge < -0.3 is 15.0 Å². The van der Waals surface area contributed by atoms with E-state index in [2.05, 4.69) is 22.2 Å². The molecule has 0 unspecified atom stereocenters. The maximum atomic E-state index is 5.71. The van der Waals surface area contributed by atoms with E-state index in [4.69, 9.17) is 4.74 Å². The Morgan fingerprint density at radius 1 is 1.44 bits per heavy atom. The summed E-state index contributed by atoms with van der Waals surface area (Å²) in [6.07, 6.45) is 5.50. The van der Waals surface area contributed by atoms with Crippen molar-refractivity contribution >= 4 is 5.69 Å². The normalized spacial score (nSPS) is 17.7. The molecule has 2 rings (SSSR count). The van der Waals surface area contributed by atoms with Gasteiger partial charge in [0.2, 0.25) is 5.88 Å². The summed E-state index contributed by atoms with van der Waals surface area (Å²) in [7, 11) is 4.09. The molecular weight excluding hydrogens is 226 g/mol. The number of ether oxygens (including phenoxy) is 1. The molecule has 18 heavy (non-hydrogen) atoms. The van der Waals surface area contributed by atoms with Crippen LogP contribution in [0.15, 0.2) is 18.3 Å². The number of aromatic nitrogens is 1. The van der Waals surface area contributed by atoms with Gasteiger partial charge in [-0.05, 0) is 51.4 Å². The van der Waals surface area contributed by atoms with Crippen LogP contribution in [0.2, 0.25) is 0 Å². The Morgan fingerprint density at radius 3 is 2.94 bits per heavy atom. The minimum Gasteiger partial charge on any atom is -0.478 e. The number of rotatable bonds is 5. The first-order valence-electron chi connectivity index (χ1n) is 6.73. The quantitative estimate of drug-likeness (QED) is 0.868. The maximum Gasteiger partial charge on any atom is 0.215 e. The third-order valence-electron chi connectivity index (χ3n) is 3.64. The summed E-state index contributed by atoms with van der Waals surface area (Å²) in [4.78, 5) is 6.61. The molecule has 1 fully saturated rings. The van der Waals surface area contributed by atoms with Gasteiger partial charge in [-0.1, -0.05) is 0 Å². The monoisotopic (exact) mass is 249 g/mol. The van der Waals surface area contributed by atoms with Gasteiger partial charge in [0.25, 0.3) is 0 Å². The SMILES string of the molecule is CNc1ccnc(OCCC2CCN(C)CC2)c1. The molecule has 0 spiro atoms. The van der Waals surface area contributed by atoms with Gasteiger partial charge in [0.05, 0.1) is 6.61 Å². The molecular formula is C14H23N3O. The van der Waals surface area contributed by atoms with Gasteiger partial charge in [-0.15, -0.1) is 0 Å². The van der Waals surface area contributed by atoms with Crippen LogP contribution in [0.25, 0.3) is 0 Å². The summed E-state index contributed by atoms with van der Waals surface area (Å²) in [5.74, 6) is 1.53. The van der Waals surface area contributed by atoms with Crippen LogP contribution in [0.3, 0.4) is 0 Å². The largest absolute Gasteiger partial charge is 0.478 e. The highest BCUT2D eigenvalue weighted by molar-refractivity contribution is 5.44. The first-order valence-corrected chi connectivity index (χ1v) is 6.73. The minimum atomic E-state index is 0.717. The number of hydrogen-bond donors (Lipinski definition) is 1. The molecule has 0 saturated carbocycles. The first kappa shape index (κ1) is 13.1. The van der Waals surface area contributed by atoms with E-state index in [1.54, 1.807) is 6.20 Å². The number of likely N-dealkylation sites (tertiary alicyclic amines) is 1. The first-order chi connectivity index (χ1) is 8.78. The van der Waals surface area contributed by atoms with Crippen LogP contribution >= 0.6 is 0 Å². The number of nitrogens with zero attached hydrogens (tertiary/aromatic N) is 2. The van der Waals surface area contributed by atoms with Gasteiger partial charge in [0, 0.05) is 25.0 Å². The van der Waals surface area contributed by atoms with E-state index >= 15 is 0 Å². The van der Waals surface area contributed by atoms with Gasteiger partial charge in [-0.2, -0.15) is 0 Å². The smallest absolute Gasteiger partial charge is 0.215 e. The Bertz CT molecular complexity index is 362. The highest BCUT2D eigenvalue weighted by atomic mass is 16.5. The highest BCUT2D eigenvalue weighted by Gasteiger charge is 2.16. The van der Waals surface area contributed by atoms with Crippen molar-refractivity contribution in [1.29, 1.82) is 0 Å². The van der Waals surface area contributed by atoms with Gasteiger partial charge in [-0.3, -0.25) is 0 Å². The molecule has 2 heterocycles. The fourth-order valence-electron chi connectivity index (χ4n) is 2.32. The molecule has 1 aromatic rings. The predicted octanol–water partition coefficient (Wildman–Crippen LogP) is 2.23. The van der Waals surface area contributed by atoms with E-state index in [-0.39, 0.29) is 0 Å². The van der Waals surface area contributed by atoms with E-state index < -0.39 is 0 Å². The van der Waals surface area contributed by atoms with Crippen LogP contribution in [0.4, 0.5) is 5.69 Å². The molecule has 1 aliphatic rings. The lowest BCUT2D eigenvalue weighted by molar-refractivity contribution is 0.185. The topological polar surface area (TPSA) is 37.4 Å². The molecule has 0 atom stereocenters. The average molecular weight is 249 g/mol. The van der Waals surface area contributed by atoms with E-state index in [1.807, 2.05) is 19.2 Å². The summed E-state index contributed by atoms with van der Waals surface area (Å²) >= 11 is 0. The molecule has 1 saturated heterocycles. The van der Waals surface area contributed by atoms with Crippen molar-refractivity contribution < 1.29 is 4.74 Å². The molecule has 0 amide bonds. The van der Waals surface area contributed by atoms with Gasteiger partial charge in [-0.25, -0.2) is 4.98 Å². The summed E-state index contributed by atoms with van der Waals surface area (Å²) in [5, 5.41) is 3.09. The second kappa shape index (κ2) is 6.59. The van der Waals surface area contributed by atoms with E-state index in [0.717, 1.165) is 30.5 Å². The molecule has 1 N–H and O–H groups in total. The molecule has 1 aliphatic heterocycles. The molecule has 100 valence electrons. The Kier molecular flexibility index (Phi) is 4.81. The molecule has 0 aromatic carbocycles. The van der Waals surface area contributed by atoms with Crippen molar-refractivity contribution in [2.24, 2.45) is 5.92 Å². The van der Waals surface area contributed by atoms with Crippen LogP contribution in [-0.4, -0.2) is 43.7 Å². The zero-order valence-corrected chi connectivity index (χ0v) is 11.4. The van der Waals surface area contributed by atoms with Crippen molar-refractivity contribution in [1.82, 2.24) is 9.88 Å². The molecule has 0 bridgehead atoms. The lowest BCUT2D eigenvalue weighted by Gasteiger charge is -2.28. The standard InChI is InChI=1S/C14H23N3O/c1-15-13-3-7-16-14(11-13)18-10-6-12-4-8-17(2)9-5-12/h3,7,11-12H,4-6,8-10H2,1-2H3,(H,15,16). The lowest BCUT2D eigenvalue weighted by Crippen LogP contribution is -2.30.